The summed E-state index contributed by atoms with van der Waals surface area (Å²) in [5.74, 6) is 0.899. The minimum Gasteiger partial charge on any atom is -0.313 e. The van der Waals surface area contributed by atoms with E-state index >= 15 is 0 Å². The second-order valence-corrected chi connectivity index (χ2v) is 5.76. The van der Waals surface area contributed by atoms with E-state index < -0.39 is 0 Å². The molecule has 1 N–H and O–H groups in total. The Kier molecular flexibility index (Phi) is 9.44. The quantitative estimate of drug-likeness (QED) is 0.542. The summed E-state index contributed by atoms with van der Waals surface area (Å²) < 4.78 is 0. The molecule has 0 fully saturated rings. The average molecular weight is 261 g/mol. The van der Waals surface area contributed by atoms with Crippen molar-refractivity contribution >= 4 is 0 Å². The number of benzene rings is 1. The molecule has 0 amide bonds. The fraction of sp³-hybridized carbons (Fsp3) is 0.667. The van der Waals surface area contributed by atoms with Crippen molar-refractivity contribution in [3.05, 3.63) is 35.9 Å². The molecule has 1 rings (SSSR count). The van der Waals surface area contributed by atoms with Gasteiger partial charge in [0.05, 0.1) is 0 Å². The van der Waals surface area contributed by atoms with Crippen molar-refractivity contribution < 1.29 is 0 Å². The number of hydrogen-bond acceptors (Lipinski definition) is 1. The molecule has 1 nitrogen and oxygen atoms in total. The summed E-state index contributed by atoms with van der Waals surface area (Å²) in [7, 11) is 0. The molecule has 1 atom stereocenters. The third-order valence-electron chi connectivity index (χ3n) is 3.77. The van der Waals surface area contributed by atoms with E-state index in [9.17, 15) is 0 Å². The van der Waals surface area contributed by atoms with Crippen molar-refractivity contribution in [1.29, 1.82) is 0 Å². The maximum atomic E-state index is 3.53. The van der Waals surface area contributed by atoms with Crippen molar-refractivity contribution in [1.82, 2.24) is 5.32 Å². The van der Waals surface area contributed by atoms with Crippen LogP contribution in [-0.2, 0) is 6.54 Å². The Hall–Kier alpha value is -0.820. The maximum Gasteiger partial charge on any atom is 0.0205 e. The first kappa shape index (κ1) is 16.2. The van der Waals surface area contributed by atoms with Crippen LogP contribution in [0, 0.1) is 5.92 Å². The van der Waals surface area contributed by atoms with Crippen molar-refractivity contribution in [2.24, 2.45) is 5.92 Å². The minimum absolute atomic E-state index is 0.899. The molecule has 0 radical (unpaired) electrons. The third kappa shape index (κ3) is 8.83. The van der Waals surface area contributed by atoms with Crippen LogP contribution in [0.2, 0.25) is 0 Å². The van der Waals surface area contributed by atoms with E-state index in [-0.39, 0.29) is 0 Å². The largest absolute Gasteiger partial charge is 0.313 e. The molecule has 0 aliphatic rings. The number of rotatable bonds is 11. The molecule has 0 spiro atoms. The molecule has 0 aliphatic carbocycles. The number of hydrogen-bond donors (Lipinski definition) is 1. The maximum absolute atomic E-state index is 3.53. The molecule has 0 aromatic heterocycles. The number of unbranched alkanes of at least 4 members (excludes halogenated alkanes) is 3. The second kappa shape index (κ2) is 11.0. The lowest BCUT2D eigenvalue weighted by Crippen LogP contribution is -2.15. The van der Waals surface area contributed by atoms with Gasteiger partial charge < -0.3 is 5.32 Å². The Morgan fingerprint density at radius 2 is 1.68 bits per heavy atom. The molecule has 0 saturated heterocycles. The first-order valence-electron chi connectivity index (χ1n) is 8.07. The van der Waals surface area contributed by atoms with Crippen molar-refractivity contribution in [3.8, 4) is 0 Å². The van der Waals surface area contributed by atoms with Gasteiger partial charge in [-0.05, 0) is 30.9 Å². The molecule has 0 heterocycles. The van der Waals surface area contributed by atoms with Crippen LogP contribution >= 0.6 is 0 Å². The Balaban J connectivity index is 1.92. The zero-order valence-electron chi connectivity index (χ0n) is 12.8. The first-order chi connectivity index (χ1) is 9.33. The van der Waals surface area contributed by atoms with Gasteiger partial charge in [-0.1, -0.05) is 76.3 Å². The highest BCUT2D eigenvalue weighted by Crippen LogP contribution is 2.15. The Bertz CT molecular complexity index is 294. The first-order valence-corrected chi connectivity index (χ1v) is 8.07. The van der Waals surface area contributed by atoms with Crippen molar-refractivity contribution in [2.45, 2.75) is 65.3 Å². The average Bonchev–Trinajstić information content (AvgIpc) is 2.44. The molecular formula is C18H31N. The van der Waals surface area contributed by atoms with E-state index in [0.29, 0.717) is 0 Å². The predicted octanol–water partition coefficient (Wildman–Crippen LogP) is 5.16. The monoisotopic (exact) mass is 261 g/mol. The lowest BCUT2D eigenvalue weighted by Gasteiger charge is -2.11. The highest BCUT2D eigenvalue weighted by atomic mass is 14.8. The van der Waals surface area contributed by atoms with Gasteiger partial charge in [-0.3, -0.25) is 0 Å². The second-order valence-electron chi connectivity index (χ2n) is 5.76. The van der Waals surface area contributed by atoms with Crippen LogP contribution in [0.15, 0.2) is 30.3 Å². The van der Waals surface area contributed by atoms with Crippen LogP contribution in [0.4, 0.5) is 0 Å². The molecule has 1 aromatic rings. The summed E-state index contributed by atoms with van der Waals surface area (Å²) in [5, 5.41) is 3.53. The highest BCUT2D eigenvalue weighted by Gasteiger charge is 2.01. The van der Waals surface area contributed by atoms with E-state index in [0.717, 1.165) is 19.0 Å². The summed E-state index contributed by atoms with van der Waals surface area (Å²) >= 11 is 0. The van der Waals surface area contributed by atoms with Crippen molar-refractivity contribution in [3.63, 3.8) is 0 Å². The normalized spacial score (nSPS) is 12.5. The Morgan fingerprint density at radius 3 is 2.42 bits per heavy atom. The van der Waals surface area contributed by atoms with Gasteiger partial charge in [-0.2, -0.15) is 0 Å². The van der Waals surface area contributed by atoms with E-state index in [2.05, 4.69) is 49.5 Å². The zero-order valence-corrected chi connectivity index (χ0v) is 12.8. The van der Waals surface area contributed by atoms with Crippen LogP contribution in [-0.4, -0.2) is 6.54 Å². The molecular weight excluding hydrogens is 230 g/mol. The van der Waals surface area contributed by atoms with Gasteiger partial charge in [-0.25, -0.2) is 0 Å². The SMILES string of the molecule is CCCCCCC(C)CCCNCc1ccccc1. The minimum atomic E-state index is 0.899. The molecule has 0 aliphatic heterocycles. The summed E-state index contributed by atoms with van der Waals surface area (Å²) in [4.78, 5) is 0. The molecule has 108 valence electrons. The summed E-state index contributed by atoms with van der Waals surface area (Å²) in [6.07, 6.45) is 9.69. The standard InChI is InChI=1S/C18H31N/c1-3-4-5-7-11-17(2)12-10-15-19-16-18-13-8-6-9-14-18/h6,8-9,13-14,17,19H,3-5,7,10-12,15-16H2,1-2H3. The highest BCUT2D eigenvalue weighted by molar-refractivity contribution is 5.14. The van der Waals surface area contributed by atoms with Gasteiger partial charge in [-0.15, -0.1) is 0 Å². The third-order valence-corrected chi connectivity index (χ3v) is 3.77. The number of nitrogens with one attached hydrogen (secondary N) is 1. The van der Waals surface area contributed by atoms with Crippen LogP contribution in [0.1, 0.15) is 64.4 Å². The van der Waals surface area contributed by atoms with Gasteiger partial charge in [0.25, 0.3) is 0 Å². The molecule has 0 bridgehead atoms. The molecule has 1 heteroatoms. The molecule has 1 aromatic carbocycles. The van der Waals surface area contributed by atoms with E-state index in [1.807, 2.05) is 0 Å². The molecule has 1 unspecified atom stereocenters. The van der Waals surface area contributed by atoms with Gasteiger partial charge in [0.15, 0.2) is 0 Å². The zero-order chi connectivity index (χ0) is 13.8. The van der Waals surface area contributed by atoms with E-state index in [1.165, 1.54) is 50.5 Å². The molecule has 19 heavy (non-hydrogen) atoms. The Morgan fingerprint density at radius 1 is 0.947 bits per heavy atom. The van der Waals surface area contributed by atoms with Gasteiger partial charge in [0.2, 0.25) is 0 Å². The van der Waals surface area contributed by atoms with Crippen LogP contribution in [0.5, 0.6) is 0 Å². The molecule has 0 saturated carbocycles. The topological polar surface area (TPSA) is 12.0 Å². The van der Waals surface area contributed by atoms with E-state index in [1.54, 1.807) is 0 Å². The Labute approximate surface area is 119 Å². The predicted molar refractivity (Wildman–Crippen MR) is 85.3 cm³/mol. The smallest absolute Gasteiger partial charge is 0.0205 e. The van der Waals surface area contributed by atoms with Crippen molar-refractivity contribution in [2.75, 3.05) is 6.54 Å². The van der Waals surface area contributed by atoms with Crippen LogP contribution in [0.25, 0.3) is 0 Å². The lowest BCUT2D eigenvalue weighted by molar-refractivity contribution is 0.439. The fourth-order valence-electron chi connectivity index (χ4n) is 2.47. The lowest BCUT2D eigenvalue weighted by atomic mass is 9.98. The fourth-order valence-corrected chi connectivity index (χ4v) is 2.47. The van der Waals surface area contributed by atoms with Gasteiger partial charge in [0, 0.05) is 6.54 Å². The van der Waals surface area contributed by atoms with Crippen LogP contribution in [0.3, 0.4) is 0 Å². The van der Waals surface area contributed by atoms with E-state index in [4.69, 9.17) is 0 Å². The summed E-state index contributed by atoms with van der Waals surface area (Å²) in [6, 6.07) is 10.7. The van der Waals surface area contributed by atoms with Gasteiger partial charge in [0.1, 0.15) is 0 Å². The van der Waals surface area contributed by atoms with Gasteiger partial charge >= 0.3 is 0 Å². The van der Waals surface area contributed by atoms with Crippen LogP contribution < -0.4 is 5.32 Å². The summed E-state index contributed by atoms with van der Waals surface area (Å²) in [5.41, 5.74) is 1.38. The summed E-state index contributed by atoms with van der Waals surface area (Å²) in [6.45, 7) is 6.84.